The van der Waals surface area contributed by atoms with Crippen LogP contribution in [-0.4, -0.2) is 32.8 Å². The van der Waals surface area contributed by atoms with Gasteiger partial charge in [0.15, 0.2) is 0 Å². The van der Waals surface area contributed by atoms with Crippen molar-refractivity contribution in [1.82, 2.24) is 0 Å². The number of hydrogen-bond acceptors (Lipinski definition) is 0. The fourth-order valence-electron chi connectivity index (χ4n) is 0.563. The van der Waals surface area contributed by atoms with Gasteiger partial charge < -0.3 is 17.2 Å². The monoisotopic (exact) mass is 459 g/mol. The van der Waals surface area contributed by atoms with E-state index in [9.17, 15) is 10.5 Å². The van der Waals surface area contributed by atoms with E-state index in [4.69, 9.17) is 17.2 Å². The summed E-state index contributed by atoms with van der Waals surface area (Å²) >= 11 is -5.94. The van der Waals surface area contributed by atoms with Gasteiger partial charge in [-0.25, -0.2) is 0 Å². The molecule has 0 saturated carbocycles. The average Bonchev–Trinajstić information content (AvgIpc) is 2.64. The summed E-state index contributed by atoms with van der Waals surface area (Å²) in [7, 11) is 0. The zero-order chi connectivity index (χ0) is 17.6. The van der Waals surface area contributed by atoms with Gasteiger partial charge in [-0.3, -0.25) is 0 Å². The zero-order valence-electron chi connectivity index (χ0n) is 14.2. The predicted octanol–water partition coefficient (Wildman–Crippen LogP) is 5.80. The van der Waals surface area contributed by atoms with Crippen molar-refractivity contribution in [2.75, 3.05) is 0 Å². The third-order valence-corrected chi connectivity index (χ3v) is 3.06. The maximum Gasteiger partial charge on any atom is 4.00 e. The molecule has 0 radical (unpaired) electrons. The first kappa shape index (κ1) is 30.3. The first-order valence-corrected chi connectivity index (χ1v) is 10.2. The van der Waals surface area contributed by atoms with Crippen LogP contribution in [0.5, 0.6) is 0 Å². The van der Waals surface area contributed by atoms with Gasteiger partial charge in [0.2, 0.25) is 0 Å². The van der Waals surface area contributed by atoms with E-state index in [2.05, 4.69) is 0 Å². The van der Waals surface area contributed by atoms with Crippen LogP contribution in [0, 0.1) is 0 Å². The molecule has 0 aliphatic heterocycles. The number of rotatable bonds is 1. The third-order valence-electron chi connectivity index (χ3n) is 0.990. The van der Waals surface area contributed by atoms with Crippen LogP contribution in [0.3, 0.4) is 0 Å². The molecule has 0 atom stereocenters. The first-order chi connectivity index (χ1) is 9.30. The summed E-state index contributed by atoms with van der Waals surface area (Å²) in [5, 5.41) is 0. The van der Waals surface area contributed by atoms with Crippen molar-refractivity contribution >= 4 is 19.1 Å². The Kier molecular flexibility index (Phi) is 24.5. The van der Waals surface area contributed by atoms with Gasteiger partial charge in [-0.1, -0.05) is 41.5 Å². The minimum absolute atomic E-state index is 0. The Morgan fingerprint density at radius 3 is 1.00 bits per heavy atom. The van der Waals surface area contributed by atoms with Crippen molar-refractivity contribution in [1.29, 1.82) is 0 Å². The van der Waals surface area contributed by atoms with E-state index in [0.29, 0.717) is 0 Å². The van der Waals surface area contributed by atoms with Gasteiger partial charge in [-0.05, 0) is 0 Å². The van der Waals surface area contributed by atoms with Gasteiger partial charge in [-0.2, -0.15) is 0 Å². The van der Waals surface area contributed by atoms with Gasteiger partial charge in [0.25, 0.3) is 0 Å². The number of nitrogens with one attached hydrogen (secondary N) is 3. The van der Waals surface area contributed by atoms with Gasteiger partial charge in [0.1, 0.15) is 0 Å². The molecule has 1 aromatic rings. The maximum atomic E-state index is 11.8. The summed E-state index contributed by atoms with van der Waals surface area (Å²) in [5.41, 5.74) is 19.8. The smallest absolute Gasteiger partial charge is 4.00 e. The van der Waals surface area contributed by atoms with Crippen molar-refractivity contribution < 1.29 is 36.7 Å². The molecule has 0 fully saturated rings. The molecule has 0 saturated heterocycles. The summed E-state index contributed by atoms with van der Waals surface area (Å²) in [6, 6.07) is 5.32. The van der Waals surface area contributed by atoms with E-state index in [1.54, 1.807) is 0 Å². The second-order valence-electron chi connectivity index (χ2n) is 5.14. The van der Waals surface area contributed by atoms with E-state index in [1.165, 1.54) is 12.1 Å². The first-order valence-electron chi connectivity index (χ1n) is 6.72. The Labute approximate surface area is 156 Å². The third kappa shape index (κ3) is 42.8. The summed E-state index contributed by atoms with van der Waals surface area (Å²) < 4.78 is 35.0. The van der Waals surface area contributed by atoms with Crippen LogP contribution in [0.15, 0.2) is 24.3 Å². The summed E-state index contributed by atoms with van der Waals surface area (Å²) in [6.45, 7) is 11.0. The van der Waals surface area contributed by atoms with Crippen LogP contribution in [0.25, 0.3) is 17.2 Å². The molecule has 1 rings (SSSR count). The zero-order valence-corrected chi connectivity index (χ0v) is 18.7. The van der Waals surface area contributed by atoms with E-state index >= 15 is 0 Å². The predicted molar refractivity (Wildman–Crippen MR) is 89.1 cm³/mol. The Balaban J connectivity index is -0.000000107. The average molecular weight is 459 g/mol. The molecule has 3 N–H and O–H groups in total. The van der Waals surface area contributed by atoms with Crippen molar-refractivity contribution in [2.24, 2.45) is 0 Å². The molecule has 0 bridgehead atoms. The van der Waals surface area contributed by atoms with Gasteiger partial charge in [0.05, 0.1) is 0 Å². The molecule has 0 aromatic heterocycles. The quantitative estimate of drug-likeness (QED) is 0.377. The minimum atomic E-state index is -5.94. The molecule has 128 valence electrons. The Hall–Kier alpha value is 0.446. The fraction of sp³-hybridized carbons (Fsp3) is 0.643. The van der Waals surface area contributed by atoms with Crippen LogP contribution < -0.4 is 4.40 Å². The Morgan fingerprint density at radius 2 is 0.909 bits per heavy atom. The van der Waals surface area contributed by atoms with Crippen LogP contribution in [0.1, 0.15) is 41.5 Å². The van der Waals surface area contributed by atoms with E-state index in [0.717, 1.165) is 12.1 Å². The second kappa shape index (κ2) is 17.8. The standard InChI is InChI=1S/C5H4F3Ge.3C3H8N.Zr/c6-9(7,8)5-3-1-2-4-5;3*1-3(2)4;/h1-4H;3*3-4H,1-2H3;/q4*-1;+4. The molecule has 1 aromatic carbocycles. The molecule has 0 spiro atoms. The van der Waals surface area contributed by atoms with Gasteiger partial charge in [-0.15, -0.1) is 18.1 Å². The number of hydrogen-bond donors (Lipinski definition) is 0. The van der Waals surface area contributed by atoms with Gasteiger partial charge >= 0.3 is 80.0 Å². The second-order valence-corrected chi connectivity index (χ2v) is 8.44. The molecule has 0 amide bonds. The summed E-state index contributed by atoms with van der Waals surface area (Å²) in [4.78, 5) is 0. The SMILES string of the molecule is CC(C)[NH-].CC(C)[NH-].CC(C)[NH-].[F][Ge]([F])([F])[c-]1cccc1.[Zr+4]. The minimum Gasteiger partial charge on any atom is 4.00 e. The van der Waals surface area contributed by atoms with Crippen molar-refractivity contribution in [3.05, 3.63) is 41.5 Å². The van der Waals surface area contributed by atoms with E-state index in [-0.39, 0.29) is 44.3 Å². The fourth-order valence-corrected chi connectivity index (χ4v) is 1.76. The van der Waals surface area contributed by atoms with Crippen LogP contribution in [-0.2, 0) is 26.2 Å². The van der Waals surface area contributed by atoms with Crippen molar-refractivity contribution in [3.8, 4) is 0 Å². The molecule has 22 heavy (non-hydrogen) atoms. The normalized spacial score (nSPS) is 9.77. The molecule has 8 heteroatoms. The Bertz CT molecular complexity index is 280. The molecule has 0 heterocycles. The molecular formula is C14H28F3GeN3Zr. The molecule has 0 unspecified atom stereocenters. The number of halogens is 3. The summed E-state index contributed by atoms with van der Waals surface area (Å²) in [5.74, 6) is 0. The molecule has 3 nitrogen and oxygen atoms in total. The largest absolute Gasteiger partial charge is 4.00 e. The van der Waals surface area contributed by atoms with Crippen molar-refractivity contribution in [3.63, 3.8) is 0 Å². The van der Waals surface area contributed by atoms with Crippen LogP contribution in [0.4, 0.5) is 10.5 Å². The van der Waals surface area contributed by atoms with E-state index < -0.39 is 19.1 Å². The van der Waals surface area contributed by atoms with Crippen molar-refractivity contribution in [2.45, 2.75) is 59.7 Å². The van der Waals surface area contributed by atoms with E-state index in [1.807, 2.05) is 41.5 Å². The van der Waals surface area contributed by atoms with Gasteiger partial charge in [0, 0.05) is 0 Å². The molecule has 0 aliphatic rings. The van der Waals surface area contributed by atoms with Crippen LogP contribution in [0.2, 0.25) is 0 Å². The summed E-state index contributed by atoms with van der Waals surface area (Å²) in [6.07, 6.45) is 0. The molecular weight excluding hydrogens is 431 g/mol. The van der Waals surface area contributed by atoms with Crippen LogP contribution >= 0.6 is 0 Å². The topological polar surface area (TPSA) is 71.4 Å². The molecule has 0 aliphatic carbocycles. The maximum absolute atomic E-state index is 11.8. The Morgan fingerprint density at radius 1 is 0.727 bits per heavy atom.